The van der Waals surface area contributed by atoms with Crippen LogP contribution in [0.3, 0.4) is 0 Å². The Bertz CT molecular complexity index is 594. The summed E-state index contributed by atoms with van der Waals surface area (Å²) in [6.45, 7) is 6.47. The largest absolute Gasteiger partial charge is 0.453 e. The highest BCUT2D eigenvalue weighted by Crippen LogP contribution is 2.16. The smallest absolute Gasteiger partial charge is 0.411 e. The number of hydrogen-bond acceptors (Lipinski definition) is 4. The molecule has 7 nitrogen and oxygen atoms in total. The number of carbonyl (C=O) groups excluding carboxylic acids is 2. The van der Waals surface area contributed by atoms with E-state index in [0.29, 0.717) is 17.9 Å². The first-order chi connectivity index (χ1) is 12.6. The molecule has 1 aromatic rings. The topological polar surface area (TPSA) is 82.7 Å². The Morgan fingerprint density at radius 1 is 1.23 bits per heavy atom. The minimum Gasteiger partial charge on any atom is -0.453 e. The van der Waals surface area contributed by atoms with Gasteiger partial charge < -0.3 is 20.3 Å². The minimum atomic E-state index is -0.547. The molecule has 1 atom stereocenters. The minimum absolute atomic E-state index is 0.244. The van der Waals surface area contributed by atoms with E-state index in [9.17, 15) is 9.59 Å². The van der Waals surface area contributed by atoms with E-state index in [4.69, 9.17) is 0 Å². The molecule has 3 amide bonds. The maximum Gasteiger partial charge on any atom is 0.411 e. The number of urea groups is 1. The summed E-state index contributed by atoms with van der Waals surface area (Å²) >= 11 is 0. The predicted octanol–water partition coefficient (Wildman–Crippen LogP) is 3.50. The summed E-state index contributed by atoms with van der Waals surface area (Å²) in [5.41, 5.74) is 1.17. The molecule has 0 bridgehead atoms. The number of carbonyl (C=O) groups is 2. The van der Waals surface area contributed by atoms with Crippen LogP contribution in [0.25, 0.3) is 0 Å². The van der Waals surface area contributed by atoms with E-state index >= 15 is 0 Å². The lowest BCUT2D eigenvalue weighted by molar-refractivity contribution is 0.181. The van der Waals surface area contributed by atoms with Gasteiger partial charge >= 0.3 is 12.1 Å². The maximum absolute atomic E-state index is 12.0. The SMILES string of the molecule is COC(=O)Nc1cccc(NC(=O)NCCCCN2CCCC(C)C2)c1. The van der Waals surface area contributed by atoms with Gasteiger partial charge in [-0.05, 0) is 62.9 Å². The quantitative estimate of drug-likeness (QED) is 0.648. The van der Waals surface area contributed by atoms with Crippen molar-refractivity contribution >= 4 is 23.5 Å². The van der Waals surface area contributed by atoms with Gasteiger partial charge in [0.1, 0.15) is 0 Å². The Kier molecular flexibility index (Phi) is 8.21. The summed E-state index contributed by atoms with van der Waals surface area (Å²) in [7, 11) is 1.30. The monoisotopic (exact) mass is 362 g/mol. The number of rotatable bonds is 7. The van der Waals surface area contributed by atoms with E-state index in [1.165, 1.54) is 33.0 Å². The molecule has 0 spiro atoms. The van der Waals surface area contributed by atoms with Gasteiger partial charge in [0.05, 0.1) is 7.11 Å². The van der Waals surface area contributed by atoms with Crippen LogP contribution in [-0.4, -0.2) is 50.3 Å². The van der Waals surface area contributed by atoms with Crippen LogP contribution in [-0.2, 0) is 4.74 Å². The van der Waals surface area contributed by atoms with Crippen molar-refractivity contribution in [1.29, 1.82) is 0 Å². The third-order valence-electron chi connectivity index (χ3n) is 4.48. The van der Waals surface area contributed by atoms with Gasteiger partial charge in [0.2, 0.25) is 0 Å². The third-order valence-corrected chi connectivity index (χ3v) is 4.48. The van der Waals surface area contributed by atoms with Crippen molar-refractivity contribution in [3.05, 3.63) is 24.3 Å². The highest BCUT2D eigenvalue weighted by Gasteiger charge is 2.15. The fraction of sp³-hybridized carbons (Fsp3) is 0.579. The van der Waals surface area contributed by atoms with Gasteiger partial charge in [-0.15, -0.1) is 0 Å². The van der Waals surface area contributed by atoms with E-state index in [1.807, 2.05) is 0 Å². The lowest BCUT2D eigenvalue weighted by Crippen LogP contribution is -2.35. The predicted molar refractivity (Wildman–Crippen MR) is 104 cm³/mol. The summed E-state index contributed by atoms with van der Waals surface area (Å²) in [5, 5.41) is 8.20. The normalized spacial score (nSPS) is 17.4. The summed E-state index contributed by atoms with van der Waals surface area (Å²) in [4.78, 5) is 25.7. The average molecular weight is 362 g/mol. The second-order valence-electron chi connectivity index (χ2n) is 6.83. The fourth-order valence-corrected chi connectivity index (χ4v) is 3.17. The summed E-state index contributed by atoms with van der Waals surface area (Å²) in [5.74, 6) is 0.803. The fourth-order valence-electron chi connectivity index (χ4n) is 3.17. The number of unbranched alkanes of at least 4 members (excludes halogenated alkanes) is 1. The molecule has 7 heteroatoms. The van der Waals surface area contributed by atoms with Gasteiger partial charge in [-0.25, -0.2) is 9.59 Å². The Morgan fingerprint density at radius 3 is 2.73 bits per heavy atom. The molecule has 2 rings (SSSR count). The number of piperidine rings is 1. The maximum atomic E-state index is 12.0. The van der Waals surface area contributed by atoms with Crippen LogP contribution in [0, 0.1) is 5.92 Å². The molecule has 1 aliphatic heterocycles. The van der Waals surface area contributed by atoms with Gasteiger partial charge in [0, 0.05) is 24.5 Å². The zero-order valence-corrected chi connectivity index (χ0v) is 15.7. The molecule has 1 heterocycles. The summed E-state index contributed by atoms with van der Waals surface area (Å²) < 4.78 is 4.55. The number of benzene rings is 1. The van der Waals surface area contributed by atoms with E-state index < -0.39 is 6.09 Å². The zero-order chi connectivity index (χ0) is 18.8. The number of nitrogens with one attached hydrogen (secondary N) is 3. The third kappa shape index (κ3) is 7.31. The van der Waals surface area contributed by atoms with Crippen molar-refractivity contribution in [1.82, 2.24) is 10.2 Å². The van der Waals surface area contributed by atoms with Crippen LogP contribution in [0.15, 0.2) is 24.3 Å². The molecular formula is C19H30N4O3. The molecule has 0 saturated carbocycles. The van der Waals surface area contributed by atoms with E-state index in [0.717, 1.165) is 25.3 Å². The van der Waals surface area contributed by atoms with Gasteiger partial charge in [-0.3, -0.25) is 5.32 Å². The highest BCUT2D eigenvalue weighted by atomic mass is 16.5. The standard InChI is InChI=1S/C19H30N4O3/c1-15-7-6-12-23(14-15)11-4-3-10-20-18(24)21-16-8-5-9-17(13-16)22-19(25)26-2/h5,8-9,13,15H,3-4,6-7,10-12,14H2,1-2H3,(H,22,25)(H2,20,21,24). The molecule has 1 unspecified atom stereocenters. The Morgan fingerprint density at radius 2 is 2.00 bits per heavy atom. The van der Waals surface area contributed by atoms with Crippen LogP contribution in [0.2, 0.25) is 0 Å². The number of nitrogens with zero attached hydrogens (tertiary/aromatic N) is 1. The number of anilines is 2. The molecule has 1 fully saturated rings. The lowest BCUT2D eigenvalue weighted by Gasteiger charge is -2.30. The van der Waals surface area contributed by atoms with Crippen molar-refractivity contribution < 1.29 is 14.3 Å². The molecule has 0 aromatic heterocycles. The Balaban J connectivity index is 1.62. The first kappa shape index (κ1) is 20.0. The number of likely N-dealkylation sites (tertiary alicyclic amines) is 1. The number of methoxy groups -OCH3 is 1. The van der Waals surface area contributed by atoms with Crippen LogP contribution < -0.4 is 16.0 Å². The number of ether oxygens (including phenoxy) is 1. The lowest BCUT2D eigenvalue weighted by atomic mass is 10.0. The van der Waals surface area contributed by atoms with Crippen LogP contribution >= 0.6 is 0 Å². The van der Waals surface area contributed by atoms with Gasteiger partial charge in [-0.1, -0.05) is 13.0 Å². The summed E-state index contributed by atoms with van der Waals surface area (Å²) in [6.07, 6.45) is 4.14. The van der Waals surface area contributed by atoms with Gasteiger partial charge in [0.25, 0.3) is 0 Å². The van der Waals surface area contributed by atoms with Crippen LogP contribution in [0.5, 0.6) is 0 Å². The molecule has 0 aliphatic carbocycles. The molecule has 1 aromatic carbocycles. The van der Waals surface area contributed by atoms with E-state index in [-0.39, 0.29) is 6.03 Å². The van der Waals surface area contributed by atoms with Crippen molar-refractivity contribution in [3.63, 3.8) is 0 Å². The Hall–Kier alpha value is -2.28. The molecular weight excluding hydrogens is 332 g/mol. The Labute approximate surface area is 155 Å². The average Bonchev–Trinajstić information content (AvgIpc) is 2.61. The molecule has 3 N–H and O–H groups in total. The van der Waals surface area contributed by atoms with Crippen molar-refractivity contribution in [2.75, 3.05) is 43.9 Å². The molecule has 26 heavy (non-hydrogen) atoms. The van der Waals surface area contributed by atoms with Gasteiger partial charge in [0.15, 0.2) is 0 Å². The second kappa shape index (κ2) is 10.7. The van der Waals surface area contributed by atoms with Crippen molar-refractivity contribution in [2.45, 2.75) is 32.6 Å². The van der Waals surface area contributed by atoms with Crippen LogP contribution in [0.1, 0.15) is 32.6 Å². The number of hydrogen-bond donors (Lipinski definition) is 3. The molecule has 1 aliphatic rings. The van der Waals surface area contributed by atoms with Gasteiger partial charge in [-0.2, -0.15) is 0 Å². The first-order valence-electron chi connectivity index (χ1n) is 9.29. The molecule has 1 saturated heterocycles. The highest BCUT2D eigenvalue weighted by molar-refractivity contribution is 5.91. The molecule has 0 radical (unpaired) electrons. The van der Waals surface area contributed by atoms with Crippen molar-refractivity contribution in [3.8, 4) is 0 Å². The zero-order valence-electron chi connectivity index (χ0n) is 15.7. The van der Waals surface area contributed by atoms with E-state index in [1.54, 1.807) is 24.3 Å². The van der Waals surface area contributed by atoms with Crippen LogP contribution in [0.4, 0.5) is 21.0 Å². The van der Waals surface area contributed by atoms with E-state index in [2.05, 4.69) is 32.5 Å². The van der Waals surface area contributed by atoms with Crippen molar-refractivity contribution in [2.24, 2.45) is 5.92 Å². The molecule has 144 valence electrons. The second-order valence-corrected chi connectivity index (χ2v) is 6.83. The first-order valence-corrected chi connectivity index (χ1v) is 9.29. The number of amides is 3. The summed E-state index contributed by atoms with van der Waals surface area (Å²) in [6, 6.07) is 6.67.